The van der Waals surface area contributed by atoms with E-state index in [0.29, 0.717) is 18.4 Å². The molecule has 11 amide bonds. The first-order chi connectivity index (χ1) is 41.2. The molecule has 0 aliphatic carbocycles. The number of aliphatic imine (C=N–C) groups is 2. The normalized spacial score (nSPS) is 13.8. The van der Waals surface area contributed by atoms with Gasteiger partial charge >= 0.3 is 11.9 Å². The third kappa shape index (κ3) is 31.4. The Morgan fingerprint density at radius 2 is 0.828 bits per heavy atom. The van der Waals surface area contributed by atoms with E-state index in [-0.39, 0.29) is 75.8 Å². The first kappa shape index (κ1) is 76.4. The molecule has 36 nitrogen and oxygen atoms in total. The van der Waals surface area contributed by atoms with Gasteiger partial charge in [-0.3, -0.25) is 67.5 Å². The molecule has 1 rings (SSSR count). The quantitative estimate of drug-likeness (QED) is 0.0125. The number of guanidine groups is 2. The summed E-state index contributed by atoms with van der Waals surface area (Å²) in [5.41, 5.74) is 32.8. The minimum absolute atomic E-state index is 0.0281. The molecule has 0 spiro atoms. The molecule has 0 heterocycles. The molecule has 9 atom stereocenters. The molecule has 87 heavy (non-hydrogen) atoms. The summed E-state index contributed by atoms with van der Waals surface area (Å²) >= 11 is 8.11. The SMILES string of the molecule is NCCCC[C@H](NC(=O)CNC(=O)[C@H](CCCN=C(N)N)NC(=O)[C@H](CS)NC(=O)[C@H](CO)NC(=O)[C@H](CO)NC(=O)[C@H](Cc1ccccc1)NC(=O)CNC(=O)[C@H](CC(=O)O)NC(=O)[C@H](CS)NC(=O)CN)C(=O)N[C@@H](CCCN=C(N)N)C(=O)O. The fraction of sp³-hybridized carbons (Fsp3) is 0.571. The van der Waals surface area contributed by atoms with Crippen LogP contribution >= 0.6 is 25.3 Å². The van der Waals surface area contributed by atoms with Crippen LogP contribution in [-0.2, 0) is 68.7 Å². The molecule has 0 aliphatic heterocycles. The van der Waals surface area contributed by atoms with Crippen LogP contribution in [0, 0.1) is 0 Å². The van der Waals surface area contributed by atoms with Gasteiger partial charge in [0.15, 0.2) is 11.9 Å². The first-order valence-electron chi connectivity index (χ1n) is 26.9. The average molecular weight is 1270 g/mol. The van der Waals surface area contributed by atoms with Gasteiger partial charge in [-0.2, -0.15) is 25.3 Å². The number of aliphatic carboxylic acids is 2. The lowest BCUT2D eigenvalue weighted by Gasteiger charge is -2.26. The highest BCUT2D eigenvalue weighted by Gasteiger charge is 2.34. The number of amides is 11. The molecular weight excluding hydrogens is 1190 g/mol. The van der Waals surface area contributed by atoms with Crippen LogP contribution in [0.1, 0.15) is 56.9 Å². The number of rotatable bonds is 43. The van der Waals surface area contributed by atoms with Crippen molar-refractivity contribution in [3.8, 4) is 0 Å². The molecule has 1 aromatic carbocycles. The summed E-state index contributed by atoms with van der Waals surface area (Å²) in [5.74, 6) is -15.4. The van der Waals surface area contributed by atoms with E-state index >= 15 is 0 Å². The van der Waals surface area contributed by atoms with Crippen molar-refractivity contribution >= 4 is 114 Å². The summed E-state index contributed by atoms with van der Waals surface area (Å²) in [6, 6.07) is -6.12. The zero-order chi connectivity index (χ0) is 65.6. The second-order valence-electron chi connectivity index (χ2n) is 18.9. The summed E-state index contributed by atoms with van der Waals surface area (Å²) in [6.45, 7) is -4.12. The van der Waals surface area contributed by atoms with Crippen molar-refractivity contribution < 1.29 is 82.8 Å². The standard InChI is InChI=1S/C49H81N19O17S2/c50-13-5-4-10-27(41(78)64-28(47(84)85)12-7-15-57-49(54)55)60-36(72)19-58-39(76)26(11-6-14-56-48(52)53)63-46(83)34(24-87)68-44(81)32(22-70)67-43(80)31(21-69)66-42(79)29(16-25-8-2-1-3-9-25)61-37(73)20-59-40(77)30(17-38(74)75)65-45(82)33(23-86)62-35(71)18-51/h1-3,8-9,26-34,69-70,86-87H,4-7,10-24,50-51H2,(H,58,76)(H,59,77)(H,60,72)(H,61,73)(H,62,71)(H,63,83)(H,64,78)(H,65,82)(H,66,79)(H,67,80)(H,68,81)(H,74,75)(H,84,85)(H4,52,53,56)(H4,54,55,57)/t26-,27-,28-,29-,30-,31-,32-,33-,34-/m0/s1. The van der Waals surface area contributed by atoms with Gasteiger partial charge in [0.25, 0.3) is 0 Å². The highest BCUT2D eigenvalue weighted by Crippen LogP contribution is 2.08. The summed E-state index contributed by atoms with van der Waals surface area (Å²) in [7, 11) is 0. The molecule has 486 valence electrons. The number of carboxylic acids is 2. The van der Waals surface area contributed by atoms with E-state index in [2.05, 4.69) is 93.7 Å². The molecule has 0 aliphatic rings. The summed E-state index contributed by atoms with van der Waals surface area (Å²) in [6.07, 6.45) is -0.402. The van der Waals surface area contributed by atoms with Crippen LogP contribution < -0.4 is 92.9 Å². The minimum atomic E-state index is -1.88. The topological polar surface area (TPSA) is 616 Å². The van der Waals surface area contributed by atoms with Gasteiger partial charge in [-0.1, -0.05) is 30.3 Å². The van der Waals surface area contributed by atoms with Crippen LogP contribution in [0.15, 0.2) is 40.3 Å². The molecule has 0 saturated carbocycles. The fourth-order valence-corrected chi connectivity index (χ4v) is 7.99. The number of hydrogen-bond donors (Lipinski definition) is 23. The minimum Gasteiger partial charge on any atom is -0.481 e. The van der Waals surface area contributed by atoms with Gasteiger partial charge in [-0.05, 0) is 57.1 Å². The Morgan fingerprint density at radius 1 is 0.448 bits per heavy atom. The number of aliphatic hydroxyl groups excluding tert-OH is 2. The molecule has 0 bridgehead atoms. The van der Waals surface area contributed by atoms with Crippen molar-refractivity contribution in [2.24, 2.45) is 44.4 Å². The molecule has 0 radical (unpaired) electrons. The molecule has 1 aromatic rings. The maximum atomic E-state index is 13.8. The van der Waals surface area contributed by atoms with Crippen LogP contribution in [0.4, 0.5) is 0 Å². The lowest BCUT2D eigenvalue weighted by Crippen LogP contribution is -2.61. The van der Waals surface area contributed by atoms with Gasteiger partial charge in [0.2, 0.25) is 65.0 Å². The number of carboxylic acid groups (broad SMARTS) is 2. The van der Waals surface area contributed by atoms with Crippen molar-refractivity contribution in [3.05, 3.63) is 35.9 Å². The Morgan fingerprint density at radius 3 is 1.29 bits per heavy atom. The zero-order valence-electron chi connectivity index (χ0n) is 47.4. The highest BCUT2D eigenvalue weighted by molar-refractivity contribution is 7.80. The van der Waals surface area contributed by atoms with E-state index in [9.17, 15) is 82.8 Å². The number of hydrogen-bond acceptors (Lipinski definition) is 21. The van der Waals surface area contributed by atoms with E-state index in [1.165, 1.54) is 0 Å². The van der Waals surface area contributed by atoms with Crippen molar-refractivity contribution in [2.45, 2.75) is 112 Å². The van der Waals surface area contributed by atoms with E-state index < -0.39 is 176 Å². The maximum absolute atomic E-state index is 13.8. The number of aliphatic hydroxyl groups is 2. The van der Waals surface area contributed by atoms with Crippen LogP contribution in [0.25, 0.3) is 0 Å². The van der Waals surface area contributed by atoms with Crippen molar-refractivity contribution in [2.75, 3.05) is 64.0 Å². The second kappa shape index (κ2) is 42.3. The molecular formula is C49H81N19O17S2. The Labute approximate surface area is 510 Å². The van der Waals surface area contributed by atoms with Crippen molar-refractivity contribution in [1.82, 2.24) is 58.5 Å². The summed E-state index contributed by atoms with van der Waals surface area (Å²) in [5, 5.41) is 64.7. The number of carbonyl (C=O) groups excluding carboxylic acids is 11. The average Bonchev–Trinajstić information content (AvgIpc) is 3.67. The molecule has 0 fully saturated rings. The van der Waals surface area contributed by atoms with E-state index in [1.54, 1.807) is 30.3 Å². The Hall–Kier alpha value is -8.59. The third-order valence-electron chi connectivity index (χ3n) is 12.0. The molecule has 0 saturated heterocycles. The largest absolute Gasteiger partial charge is 0.481 e. The van der Waals surface area contributed by atoms with E-state index in [0.717, 1.165) is 0 Å². The summed E-state index contributed by atoms with van der Waals surface area (Å²) < 4.78 is 0. The zero-order valence-corrected chi connectivity index (χ0v) is 49.2. The van der Waals surface area contributed by atoms with Gasteiger partial charge in [-0.25, -0.2) is 4.79 Å². The Kier molecular flexibility index (Phi) is 37.1. The van der Waals surface area contributed by atoms with Gasteiger partial charge in [-0.15, -0.1) is 0 Å². The van der Waals surface area contributed by atoms with Gasteiger partial charge in [0.1, 0.15) is 54.4 Å². The van der Waals surface area contributed by atoms with E-state index in [4.69, 9.17) is 34.4 Å². The van der Waals surface area contributed by atoms with Gasteiger partial charge < -0.3 is 113 Å². The highest BCUT2D eigenvalue weighted by atomic mass is 32.1. The Bertz CT molecular complexity index is 2550. The predicted octanol–water partition coefficient (Wildman–Crippen LogP) is -10.6. The monoisotopic (exact) mass is 1270 g/mol. The first-order valence-corrected chi connectivity index (χ1v) is 28.2. The van der Waals surface area contributed by atoms with Crippen LogP contribution in [0.3, 0.4) is 0 Å². The van der Waals surface area contributed by atoms with Gasteiger partial charge in [0, 0.05) is 31.0 Å². The fourth-order valence-electron chi connectivity index (χ4n) is 7.47. The summed E-state index contributed by atoms with van der Waals surface area (Å²) in [4.78, 5) is 177. The van der Waals surface area contributed by atoms with Crippen LogP contribution in [0.2, 0.25) is 0 Å². The predicted molar refractivity (Wildman–Crippen MR) is 317 cm³/mol. The smallest absolute Gasteiger partial charge is 0.326 e. The maximum Gasteiger partial charge on any atom is 0.326 e. The number of nitrogens with zero attached hydrogens (tertiary/aromatic N) is 2. The van der Waals surface area contributed by atoms with E-state index in [1.807, 2.05) is 0 Å². The Balaban J connectivity index is 3.21. The third-order valence-corrected chi connectivity index (χ3v) is 12.7. The molecule has 27 N–H and O–H groups in total. The number of carbonyl (C=O) groups is 13. The molecule has 0 aromatic heterocycles. The number of benzene rings is 1. The molecule has 0 unspecified atom stereocenters. The number of thiol groups is 2. The van der Waals surface area contributed by atoms with Gasteiger partial charge in [0.05, 0.1) is 39.3 Å². The number of unbranched alkanes of at least 4 members (excludes halogenated alkanes) is 1. The lowest BCUT2D eigenvalue weighted by molar-refractivity contribution is -0.142. The number of nitrogens with two attached hydrogens (primary N) is 6. The van der Waals surface area contributed by atoms with Crippen LogP contribution in [0.5, 0.6) is 0 Å². The second-order valence-corrected chi connectivity index (χ2v) is 19.6. The van der Waals surface area contributed by atoms with Crippen molar-refractivity contribution in [3.63, 3.8) is 0 Å². The number of nitrogens with one attached hydrogen (secondary N) is 11. The van der Waals surface area contributed by atoms with Crippen molar-refractivity contribution in [1.29, 1.82) is 0 Å². The molecule has 38 heteroatoms. The van der Waals surface area contributed by atoms with Crippen LogP contribution in [-0.4, -0.2) is 228 Å². The lowest BCUT2D eigenvalue weighted by atomic mass is 10.0.